The smallest absolute Gasteiger partial charge is 0.128 e. The van der Waals surface area contributed by atoms with E-state index in [1.807, 2.05) is 0 Å². The molecule has 3 nitrogen and oxygen atoms in total. The highest BCUT2D eigenvalue weighted by molar-refractivity contribution is 5.25. The molecule has 0 bridgehead atoms. The van der Waals surface area contributed by atoms with Crippen molar-refractivity contribution < 1.29 is 14.2 Å². The van der Waals surface area contributed by atoms with Crippen LogP contribution in [0.4, 0.5) is 4.39 Å². The molecule has 2 N–H and O–H groups in total. The van der Waals surface area contributed by atoms with E-state index < -0.39 is 0 Å². The summed E-state index contributed by atoms with van der Waals surface area (Å²) in [6.45, 7) is 1.40. The lowest BCUT2D eigenvalue weighted by Gasteiger charge is -2.63. The van der Waals surface area contributed by atoms with E-state index in [0.717, 1.165) is 25.1 Å². The van der Waals surface area contributed by atoms with Gasteiger partial charge in [0.2, 0.25) is 0 Å². The van der Waals surface area contributed by atoms with Crippen molar-refractivity contribution in [2.75, 3.05) is 6.61 Å². The predicted molar refractivity (Wildman–Crippen MR) is 77.1 cm³/mol. The Morgan fingerprint density at radius 1 is 1.38 bits per heavy atom. The van der Waals surface area contributed by atoms with E-state index in [4.69, 9.17) is 9.84 Å². The molecule has 4 rings (SSSR count). The second kappa shape index (κ2) is 5.04. The number of benzene rings is 1. The van der Waals surface area contributed by atoms with Gasteiger partial charge in [-0.05, 0) is 37.0 Å². The summed E-state index contributed by atoms with van der Waals surface area (Å²) in [4.78, 5) is 0. The van der Waals surface area contributed by atoms with Crippen molar-refractivity contribution in [3.8, 4) is 0 Å². The molecular weight excluding hydrogens is 269 g/mol. The summed E-state index contributed by atoms with van der Waals surface area (Å²) in [5.41, 5.74) is 1.79. The average Bonchev–Trinajstić information content (AvgIpc) is 2.84. The van der Waals surface area contributed by atoms with Crippen LogP contribution in [-0.4, -0.2) is 23.9 Å². The first-order valence-corrected chi connectivity index (χ1v) is 7.98. The molecule has 0 radical (unpaired) electrons. The van der Waals surface area contributed by atoms with Gasteiger partial charge < -0.3 is 15.2 Å². The molecule has 3 atom stereocenters. The van der Waals surface area contributed by atoms with Crippen LogP contribution in [0.15, 0.2) is 18.2 Å². The van der Waals surface area contributed by atoms with Gasteiger partial charge in [0.15, 0.2) is 0 Å². The van der Waals surface area contributed by atoms with E-state index in [-0.39, 0.29) is 12.4 Å². The first kappa shape index (κ1) is 13.7. The monoisotopic (exact) mass is 291 g/mol. The molecule has 3 fully saturated rings. The number of hydrogen-bond donors (Lipinski definition) is 2. The number of fused-ring (bicyclic) bond motifs is 2. The van der Waals surface area contributed by atoms with E-state index in [2.05, 4.69) is 5.32 Å². The maximum absolute atomic E-state index is 13.4. The Balaban J connectivity index is 1.45. The Bertz CT molecular complexity index is 544. The minimum absolute atomic E-state index is 0.244. The molecule has 1 saturated heterocycles. The number of nitrogens with one attached hydrogen (secondary N) is 1. The lowest BCUT2D eigenvalue weighted by molar-refractivity contribution is -0.176. The van der Waals surface area contributed by atoms with Crippen LogP contribution in [0.2, 0.25) is 0 Å². The number of rotatable bonds is 4. The van der Waals surface area contributed by atoms with Crippen molar-refractivity contribution in [3.63, 3.8) is 0 Å². The Morgan fingerprint density at radius 3 is 2.95 bits per heavy atom. The third kappa shape index (κ3) is 1.96. The van der Waals surface area contributed by atoms with Crippen LogP contribution in [0.1, 0.15) is 36.8 Å². The first-order chi connectivity index (χ1) is 10.2. The molecule has 2 saturated carbocycles. The van der Waals surface area contributed by atoms with Gasteiger partial charge in [0.25, 0.3) is 0 Å². The SMILES string of the molecule is OCc1cc(CNC2C3CCOC3C23CCC3)ccc1F. The maximum Gasteiger partial charge on any atom is 0.128 e. The Labute approximate surface area is 124 Å². The minimum Gasteiger partial charge on any atom is -0.392 e. The molecule has 3 aliphatic rings. The fourth-order valence-electron chi connectivity index (χ4n) is 4.65. The van der Waals surface area contributed by atoms with Gasteiger partial charge in [0.1, 0.15) is 5.82 Å². The lowest BCUT2D eigenvalue weighted by Crippen LogP contribution is -2.70. The number of aliphatic hydroxyl groups excluding tert-OH is 1. The van der Waals surface area contributed by atoms with Crippen LogP contribution in [0.5, 0.6) is 0 Å². The van der Waals surface area contributed by atoms with Gasteiger partial charge in [-0.25, -0.2) is 4.39 Å². The van der Waals surface area contributed by atoms with Crippen LogP contribution in [-0.2, 0) is 17.9 Å². The number of halogens is 1. The van der Waals surface area contributed by atoms with Crippen molar-refractivity contribution in [3.05, 3.63) is 35.1 Å². The molecule has 1 aromatic carbocycles. The highest BCUT2D eigenvalue weighted by Crippen LogP contribution is 2.62. The lowest BCUT2D eigenvalue weighted by atomic mass is 9.46. The van der Waals surface area contributed by atoms with E-state index in [1.165, 1.54) is 25.3 Å². The first-order valence-electron chi connectivity index (χ1n) is 7.98. The summed E-state index contributed by atoms with van der Waals surface area (Å²) in [6, 6.07) is 5.55. The summed E-state index contributed by atoms with van der Waals surface area (Å²) in [5.74, 6) is 0.327. The molecule has 114 valence electrons. The number of hydrogen-bond acceptors (Lipinski definition) is 3. The Morgan fingerprint density at radius 2 is 2.24 bits per heavy atom. The molecule has 1 heterocycles. The van der Waals surface area contributed by atoms with Gasteiger partial charge in [-0.15, -0.1) is 0 Å². The zero-order valence-corrected chi connectivity index (χ0v) is 12.1. The van der Waals surface area contributed by atoms with E-state index in [1.54, 1.807) is 12.1 Å². The molecule has 0 amide bonds. The van der Waals surface area contributed by atoms with Crippen LogP contribution >= 0.6 is 0 Å². The van der Waals surface area contributed by atoms with Crippen LogP contribution in [0.3, 0.4) is 0 Å². The quantitative estimate of drug-likeness (QED) is 0.895. The second-order valence-electron chi connectivity index (χ2n) is 6.77. The Hall–Kier alpha value is -0.970. The highest BCUT2D eigenvalue weighted by atomic mass is 19.1. The minimum atomic E-state index is -0.329. The third-order valence-corrected chi connectivity index (χ3v) is 5.84. The van der Waals surface area contributed by atoms with E-state index in [0.29, 0.717) is 29.0 Å². The van der Waals surface area contributed by atoms with Crippen molar-refractivity contribution >= 4 is 0 Å². The van der Waals surface area contributed by atoms with Crippen molar-refractivity contribution in [1.29, 1.82) is 0 Å². The highest BCUT2D eigenvalue weighted by Gasteiger charge is 2.66. The van der Waals surface area contributed by atoms with Gasteiger partial charge in [-0.1, -0.05) is 12.5 Å². The summed E-state index contributed by atoms with van der Waals surface area (Å²) in [7, 11) is 0. The van der Waals surface area contributed by atoms with Crippen LogP contribution in [0.25, 0.3) is 0 Å². The number of aliphatic hydroxyl groups is 1. The predicted octanol–water partition coefficient (Wildman–Crippen LogP) is 2.37. The van der Waals surface area contributed by atoms with Crippen molar-refractivity contribution in [1.82, 2.24) is 5.32 Å². The zero-order chi connectivity index (χ0) is 14.4. The van der Waals surface area contributed by atoms with Gasteiger partial charge in [-0.3, -0.25) is 0 Å². The van der Waals surface area contributed by atoms with Crippen LogP contribution in [0, 0.1) is 17.2 Å². The molecule has 4 heteroatoms. The van der Waals surface area contributed by atoms with Crippen molar-refractivity contribution in [2.24, 2.45) is 11.3 Å². The second-order valence-corrected chi connectivity index (χ2v) is 6.77. The summed E-state index contributed by atoms with van der Waals surface area (Å²) in [6.07, 6.45) is 5.50. The molecular formula is C17H22FNO2. The summed E-state index contributed by atoms with van der Waals surface area (Å²) >= 11 is 0. The fraction of sp³-hybridized carbons (Fsp3) is 0.647. The summed E-state index contributed by atoms with van der Waals surface area (Å²) < 4.78 is 19.3. The van der Waals surface area contributed by atoms with Crippen molar-refractivity contribution in [2.45, 2.75) is 51.0 Å². The molecule has 3 unspecified atom stereocenters. The van der Waals surface area contributed by atoms with Gasteiger partial charge in [-0.2, -0.15) is 0 Å². The average molecular weight is 291 g/mol. The summed E-state index contributed by atoms with van der Waals surface area (Å²) in [5, 5.41) is 12.8. The molecule has 0 aromatic heterocycles. The maximum atomic E-state index is 13.4. The normalized spacial score (nSPS) is 32.6. The largest absolute Gasteiger partial charge is 0.392 e. The van der Waals surface area contributed by atoms with Gasteiger partial charge in [0.05, 0.1) is 12.7 Å². The van der Waals surface area contributed by atoms with Gasteiger partial charge in [0, 0.05) is 36.1 Å². The third-order valence-electron chi connectivity index (χ3n) is 5.84. The molecule has 21 heavy (non-hydrogen) atoms. The van der Waals surface area contributed by atoms with E-state index in [9.17, 15) is 4.39 Å². The van der Waals surface area contributed by atoms with E-state index >= 15 is 0 Å². The molecule has 1 spiro atoms. The van der Waals surface area contributed by atoms with Crippen LogP contribution < -0.4 is 5.32 Å². The molecule has 2 aliphatic carbocycles. The van der Waals surface area contributed by atoms with Gasteiger partial charge >= 0.3 is 0 Å². The number of ether oxygens (including phenoxy) is 1. The zero-order valence-electron chi connectivity index (χ0n) is 12.1. The topological polar surface area (TPSA) is 41.5 Å². The Kier molecular flexibility index (Phi) is 3.28. The molecule has 1 aromatic rings. The standard InChI is InChI=1S/C17H22FNO2/c18-14-3-2-11(8-12(14)10-20)9-19-15-13-4-7-21-16(13)17(15)5-1-6-17/h2-3,8,13,15-16,19-20H,1,4-7,9-10H2. The fourth-order valence-corrected chi connectivity index (χ4v) is 4.65. The molecule has 1 aliphatic heterocycles.